The van der Waals surface area contributed by atoms with Crippen LogP contribution in [-0.2, 0) is 13.1 Å². The average Bonchev–Trinajstić information content (AvgIpc) is 3.23. The quantitative estimate of drug-likeness (QED) is 0.776. The van der Waals surface area contributed by atoms with Gasteiger partial charge in [-0.1, -0.05) is 12.1 Å². The van der Waals surface area contributed by atoms with Crippen LogP contribution >= 0.6 is 0 Å². The Morgan fingerprint density at radius 1 is 1.26 bits per heavy atom. The molecule has 0 atom stereocenters. The van der Waals surface area contributed by atoms with E-state index in [1.165, 1.54) is 0 Å². The summed E-state index contributed by atoms with van der Waals surface area (Å²) in [6.45, 7) is 5.36. The van der Waals surface area contributed by atoms with E-state index in [0.29, 0.717) is 23.6 Å². The van der Waals surface area contributed by atoms with Crippen molar-refractivity contribution in [1.82, 2.24) is 30.0 Å². The van der Waals surface area contributed by atoms with E-state index in [1.54, 1.807) is 33.9 Å². The molecule has 2 aromatic heterocycles. The summed E-state index contributed by atoms with van der Waals surface area (Å²) in [6.07, 6.45) is 3.42. The highest BCUT2D eigenvalue weighted by molar-refractivity contribution is 6.04. The molecule has 0 aliphatic rings. The zero-order valence-electron chi connectivity index (χ0n) is 13.0. The predicted molar refractivity (Wildman–Crippen MR) is 84.8 cm³/mol. The lowest BCUT2D eigenvalue weighted by Crippen LogP contribution is -2.11. The van der Waals surface area contributed by atoms with Crippen LogP contribution in [0, 0.1) is 0 Å². The number of hydrogen-bond acceptors (Lipinski definition) is 5. The number of benzene rings is 1. The second-order valence-electron chi connectivity index (χ2n) is 4.94. The Hall–Kier alpha value is -3.03. The first-order valence-corrected chi connectivity index (χ1v) is 7.41. The van der Waals surface area contributed by atoms with Gasteiger partial charge in [0.2, 0.25) is 0 Å². The molecule has 0 radical (unpaired) electrons. The summed E-state index contributed by atoms with van der Waals surface area (Å²) >= 11 is 0. The van der Waals surface area contributed by atoms with Crippen molar-refractivity contribution in [3.8, 4) is 11.4 Å². The van der Waals surface area contributed by atoms with Crippen molar-refractivity contribution in [3.63, 3.8) is 0 Å². The first-order valence-electron chi connectivity index (χ1n) is 7.41. The molecule has 0 fully saturated rings. The van der Waals surface area contributed by atoms with Crippen molar-refractivity contribution >= 4 is 11.6 Å². The van der Waals surface area contributed by atoms with Crippen LogP contribution in [-0.4, -0.2) is 35.9 Å². The smallest absolute Gasteiger partial charge is 0.255 e. The fraction of sp³-hybridized carbons (Fsp3) is 0.267. The van der Waals surface area contributed by atoms with Crippen LogP contribution < -0.4 is 5.32 Å². The summed E-state index contributed by atoms with van der Waals surface area (Å²) in [4.78, 5) is 12.4. The molecule has 0 spiro atoms. The summed E-state index contributed by atoms with van der Waals surface area (Å²) in [6, 6.07) is 7.22. The molecule has 0 saturated carbocycles. The van der Waals surface area contributed by atoms with Crippen LogP contribution in [0.1, 0.15) is 24.2 Å². The van der Waals surface area contributed by atoms with Gasteiger partial charge >= 0.3 is 0 Å². The molecule has 1 N–H and O–H groups in total. The van der Waals surface area contributed by atoms with E-state index in [9.17, 15) is 4.79 Å². The summed E-state index contributed by atoms with van der Waals surface area (Å²) in [5, 5.41) is 18.6. The number of carbonyl (C=O) groups is 1. The van der Waals surface area contributed by atoms with Gasteiger partial charge in [-0.25, -0.2) is 4.68 Å². The maximum atomic E-state index is 12.4. The zero-order chi connectivity index (χ0) is 16.2. The monoisotopic (exact) mass is 311 g/mol. The van der Waals surface area contributed by atoms with Gasteiger partial charge in [-0.15, -0.1) is 5.10 Å². The molecule has 1 aromatic carbocycles. The highest BCUT2D eigenvalue weighted by Gasteiger charge is 2.12. The van der Waals surface area contributed by atoms with Crippen LogP contribution in [0.15, 0.2) is 36.7 Å². The Balaban J connectivity index is 1.83. The molecule has 23 heavy (non-hydrogen) atoms. The van der Waals surface area contributed by atoms with Crippen LogP contribution in [0.4, 0.5) is 5.69 Å². The van der Waals surface area contributed by atoms with Crippen molar-refractivity contribution < 1.29 is 4.79 Å². The summed E-state index contributed by atoms with van der Waals surface area (Å²) < 4.78 is 3.43. The average molecular weight is 311 g/mol. The van der Waals surface area contributed by atoms with E-state index in [-0.39, 0.29) is 5.91 Å². The van der Waals surface area contributed by atoms with Gasteiger partial charge in [0.1, 0.15) is 0 Å². The van der Waals surface area contributed by atoms with Gasteiger partial charge in [-0.05, 0) is 36.4 Å². The molecule has 3 aromatic rings. The molecule has 3 rings (SSSR count). The van der Waals surface area contributed by atoms with Crippen LogP contribution in [0.25, 0.3) is 11.4 Å². The molecule has 8 nitrogen and oxygen atoms in total. The molecule has 0 saturated heterocycles. The number of tetrazole rings is 1. The minimum atomic E-state index is -0.196. The van der Waals surface area contributed by atoms with Gasteiger partial charge in [0.05, 0.1) is 11.9 Å². The lowest BCUT2D eigenvalue weighted by Gasteiger charge is -2.05. The van der Waals surface area contributed by atoms with E-state index in [4.69, 9.17) is 0 Å². The molecule has 8 heteroatoms. The molecular weight excluding hydrogens is 294 g/mol. The normalized spacial score (nSPS) is 10.7. The standard InChI is InChI=1S/C15H17N7O/c1-3-21-10-13(9-16-21)17-15(23)12-7-5-6-11(8-12)14-18-19-20-22(14)4-2/h5-10H,3-4H2,1-2H3,(H,17,23). The number of amides is 1. The fourth-order valence-corrected chi connectivity index (χ4v) is 2.23. The SMILES string of the molecule is CCn1cc(NC(=O)c2cccc(-c3nnnn3CC)c2)cn1. The van der Waals surface area contributed by atoms with Gasteiger partial charge in [-0.3, -0.25) is 9.48 Å². The van der Waals surface area contributed by atoms with Gasteiger partial charge < -0.3 is 5.32 Å². The second kappa shape index (κ2) is 6.39. The molecule has 1 amide bonds. The first kappa shape index (κ1) is 14.9. The fourth-order valence-electron chi connectivity index (χ4n) is 2.23. The van der Waals surface area contributed by atoms with Crippen LogP contribution in [0.2, 0.25) is 0 Å². The number of aryl methyl sites for hydroxylation is 2. The van der Waals surface area contributed by atoms with Gasteiger partial charge in [0.25, 0.3) is 5.91 Å². The van der Waals surface area contributed by atoms with Crippen LogP contribution in [0.5, 0.6) is 0 Å². The molecular formula is C15H17N7O. The van der Waals surface area contributed by atoms with Crippen molar-refractivity contribution in [2.45, 2.75) is 26.9 Å². The number of carbonyl (C=O) groups excluding carboxylic acids is 1. The van der Waals surface area contributed by atoms with Gasteiger partial charge in [-0.2, -0.15) is 5.10 Å². The number of hydrogen-bond donors (Lipinski definition) is 1. The minimum Gasteiger partial charge on any atom is -0.319 e. The van der Waals surface area contributed by atoms with E-state index in [1.807, 2.05) is 26.0 Å². The Bertz CT molecular complexity index is 821. The molecule has 0 aliphatic heterocycles. The van der Waals surface area contributed by atoms with Crippen molar-refractivity contribution in [2.24, 2.45) is 0 Å². The van der Waals surface area contributed by atoms with E-state index in [0.717, 1.165) is 12.1 Å². The summed E-state index contributed by atoms with van der Waals surface area (Å²) in [7, 11) is 0. The van der Waals surface area contributed by atoms with Gasteiger partial charge in [0, 0.05) is 30.4 Å². The number of anilines is 1. The van der Waals surface area contributed by atoms with E-state index >= 15 is 0 Å². The Morgan fingerprint density at radius 3 is 2.87 bits per heavy atom. The lowest BCUT2D eigenvalue weighted by atomic mass is 10.1. The zero-order valence-corrected chi connectivity index (χ0v) is 13.0. The van der Waals surface area contributed by atoms with Crippen molar-refractivity contribution in [3.05, 3.63) is 42.2 Å². The highest BCUT2D eigenvalue weighted by Crippen LogP contribution is 2.18. The second-order valence-corrected chi connectivity index (χ2v) is 4.94. The first-order chi connectivity index (χ1) is 11.2. The number of rotatable bonds is 5. The lowest BCUT2D eigenvalue weighted by molar-refractivity contribution is 0.102. The predicted octanol–water partition coefficient (Wildman–Crippen LogP) is 1.83. The highest BCUT2D eigenvalue weighted by atomic mass is 16.1. The Morgan fingerprint density at radius 2 is 2.13 bits per heavy atom. The maximum absolute atomic E-state index is 12.4. The van der Waals surface area contributed by atoms with E-state index < -0.39 is 0 Å². The number of nitrogens with one attached hydrogen (secondary N) is 1. The molecule has 0 aliphatic carbocycles. The van der Waals surface area contributed by atoms with Gasteiger partial charge in [0.15, 0.2) is 5.82 Å². The maximum Gasteiger partial charge on any atom is 0.255 e. The molecule has 0 unspecified atom stereocenters. The largest absolute Gasteiger partial charge is 0.319 e. The third-order valence-electron chi connectivity index (χ3n) is 3.43. The molecule has 0 bridgehead atoms. The molecule has 118 valence electrons. The van der Waals surface area contributed by atoms with Crippen molar-refractivity contribution in [2.75, 3.05) is 5.32 Å². The third kappa shape index (κ3) is 3.10. The number of nitrogens with zero attached hydrogens (tertiary/aromatic N) is 6. The Labute approximate surface area is 133 Å². The van der Waals surface area contributed by atoms with Crippen molar-refractivity contribution in [1.29, 1.82) is 0 Å². The van der Waals surface area contributed by atoms with Crippen LogP contribution in [0.3, 0.4) is 0 Å². The third-order valence-corrected chi connectivity index (χ3v) is 3.43. The molecule has 2 heterocycles. The Kier molecular flexibility index (Phi) is 4.13. The summed E-state index contributed by atoms with van der Waals surface area (Å²) in [5.74, 6) is 0.443. The minimum absolute atomic E-state index is 0.196. The van der Waals surface area contributed by atoms with E-state index in [2.05, 4.69) is 25.9 Å². The number of aromatic nitrogens is 6. The summed E-state index contributed by atoms with van der Waals surface area (Å²) in [5.41, 5.74) is 2.01. The topological polar surface area (TPSA) is 90.5 Å².